The number of ketones is 1. The number of nitriles is 1. The summed E-state index contributed by atoms with van der Waals surface area (Å²) in [5.74, 6) is 0.0745. The summed E-state index contributed by atoms with van der Waals surface area (Å²) in [6.45, 7) is 7.90. The zero-order valence-corrected chi connectivity index (χ0v) is 12.2. The van der Waals surface area contributed by atoms with Gasteiger partial charge >= 0.3 is 0 Å². The monoisotopic (exact) mass is 259 g/mol. The van der Waals surface area contributed by atoms with E-state index < -0.39 is 5.92 Å². The second-order valence-electron chi connectivity index (χ2n) is 5.33. The van der Waals surface area contributed by atoms with Gasteiger partial charge in [0.25, 0.3) is 0 Å². The molecule has 1 aromatic carbocycles. The fourth-order valence-electron chi connectivity index (χ4n) is 1.96. The first-order valence-electron chi connectivity index (χ1n) is 6.54. The van der Waals surface area contributed by atoms with Crippen molar-refractivity contribution >= 4 is 5.78 Å². The van der Waals surface area contributed by atoms with E-state index in [2.05, 4.69) is 19.9 Å². The average Bonchev–Trinajstić information content (AvgIpc) is 2.38. The zero-order chi connectivity index (χ0) is 14.6. The van der Waals surface area contributed by atoms with Crippen molar-refractivity contribution in [3.05, 3.63) is 29.3 Å². The summed E-state index contributed by atoms with van der Waals surface area (Å²) in [5, 5.41) is 9.16. The molecule has 0 heterocycles. The highest BCUT2D eigenvalue weighted by Gasteiger charge is 2.26. The number of hydrogen-bond donors (Lipinski definition) is 0. The Balaban J connectivity index is 3.27. The molecule has 0 N–H and O–H groups in total. The van der Waals surface area contributed by atoms with Crippen LogP contribution in [0, 0.1) is 23.2 Å². The van der Waals surface area contributed by atoms with Crippen LogP contribution >= 0.6 is 0 Å². The summed E-state index contributed by atoms with van der Waals surface area (Å²) in [6.07, 6.45) is 0. The molecule has 0 aliphatic heterocycles. The number of hydrogen-bond acceptors (Lipinski definition) is 3. The number of benzene rings is 1. The molecule has 1 unspecified atom stereocenters. The molecular weight excluding hydrogens is 238 g/mol. The Morgan fingerprint density at radius 3 is 2.32 bits per heavy atom. The third kappa shape index (κ3) is 3.35. The summed E-state index contributed by atoms with van der Waals surface area (Å²) in [7, 11) is 1.54. The first-order valence-corrected chi connectivity index (χ1v) is 6.54. The predicted molar refractivity (Wildman–Crippen MR) is 75.4 cm³/mol. The third-order valence-corrected chi connectivity index (χ3v) is 3.24. The van der Waals surface area contributed by atoms with Crippen LogP contribution in [0.25, 0.3) is 0 Å². The van der Waals surface area contributed by atoms with Crippen molar-refractivity contribution in [3.8, 4) is 11.8 Å². The zero-order valence-electron chi connectivity index (χ0n) is 12.2. The summed E-state index contributed by atoms with van der Waals surface area (Å²) in [6, 6.07) is 7.70. The van der Waals surface area contributed by atoms with E-state index in [0.717, 1.165) is 5.56 Å². The van der Waals surface area contributed by atoms with Gasteiger partial charge in [0.1, 0.15) is 11.7 Å². The molecule has 3 heteroatoms. The summed E-state index contributed by atoms with van der Waals surface area (Å²) >= 11 is 0. The molecule has 0 spiro atoms. The highest BCUT2D eigenvalue weighted by molar-refractivity contribution is 6.02. The van der Waals surface area contributed by atoms with E-state index in [1.165, 1.54) is 7.11 Å². The topological polar surface area (TPSA) is 50.1 Å². The molecule has 0 radical (unpaired) electrons. The molecule has 1 aromatic rings. The Kier molecular flexibility index (Phi) is 5.11. The van der Waals surface area contributed by atoms with Gasteiger partial charge in [0, 0.05) is 0 Å². The summed E-state index contributed by atoms with van der Waals surface area (Å²) in [4.78, 5) is 12.5. The molecule has 1 rings (SSSR count). The van der Waals surface area contributed by atoms with Gasteiger partial charge in [0.2, 0.25) is 0 Å². The van der Waals surface area contributed by atoms with Crippen LogP contribution in [-0.2, 0) is 0 Å². The van der Waals surface area contributed by atoms with Crippen LogP contribution in [0.3, 0.4) is 0 Å². The SMILES string of the molecule is COc1ccc(C(C)C)cc1C(=O)C(C#N)C(C)C. The van der Waals surface area contributed by atoms with E-state index in [1.54, 1.807) is 6.07 Å². The van der Waals surface area contributed by atoms with Crippen LogP contribution in [0.5, 0.6) is 5.75 Å². The minimum absolute atomic E-state index is 0.00934. The Morgan fingerprint density at radius 2 is 1.89 bits per heavy atom. The van der Waals surface area contributed by atoms with Crippen LogP contribution in [0.1, 0.15) is 49.5 Å². The Labute approximate surface area is 115 Å². The molecule has 19 heavy (non-hydrogen) atoms. The van der Waals surface area contributed by atoms with Gasteiger partial charge in [-0.25, -0.2) is 0 Å². The molecule has 0 aliphatic rings. The lowest BCUT2D eigenvalue weighted by atomic mass is 9.87. The largest absolute Gasteiger partial charge is 0.496 e. The van der Waals surface area contributed by atoms with Gasteiger partial charge < -0.3 is 4.74 Å². The number of nitrogens with zero attached hydrogens (tertiary/aromatic N) is 1. The molecule has 0 aromatic heterocycles. The first kappa shape index (κ1) is 15.2. The van der Waals surface area contributed by atoms with Gasteiger partial charge in [0.05, 0.1) is 18.7 Å². The molecule has 0 fully saturated rings. The lowest BCUT2D eigenvalue weighted by Gasteiger charge is -2.16. The van der Waals surface area contributed by atoms with Crippen molar-refractivity contribution in [1.29, 1.82) is 5.26 Å². The van der Waals surface area contributed by atoms with Gasteiger partial charge in [-0.2, -0.15) is 5.26 Å². The number of Topliss-reactive ketones (excluding diaryl/α,β-unsaturated/α-hetero) is 1. The van der Waals surface area contributed by atoms with Gasteiger partial charge in [-0.15, -0.1) is 0 Å². The van der Waals surface area contributed by atoms with Crippen molar-refractivity contribution in [2.75, 3.05) is 7.11 Å². The maximum atomic E-state index is 12.5. The second kappa shape index (κ2) is 6.38. The molecule has 0 saturated heterocycles. The van der Waals surface area contributed by atoms with Crippen LogP contribution in [0.2, 0.25) is 0 Å². The summed E-state index contributed by atoms with van der Waals surface area (Å²) < 4.78 is 5.25. The molecular formula is C16H21NO2. The quantitative estimate of drug-likeness (QED) is 0.756. The third-order valence-electron chi connectivity index (χ3n) is 3.24. The maximum absolute atomic E-state index is 12.5. The number of carbonyl (C=O) groups is 1. The van der Waals surface area contributed by atoms with E-state index in [9.17, 15) is 4.79 Å². The Hall–Kier alpha value is -1.82. The van der Waals surface area contributed by atoms with Crippen LogP contribution in [0.15, 0.2) is 18.2 Å². The van der Waals surface area contributed by atoms with Crippen molar-refractivity contribution in [2.45, 2.75) is 33.6 Å². The molecule has 3 nitrogen and oxygen atoms in total. The van der Waals surface area contributed by atoms with Gasteiger partial charge in [0.15, 0.2) is 5.78 Å². The maximum Gasteiger partial charge on any atom is 0.183 e. The molecule has 0 amide bonds. The van der Waals surface area contributed by atoms with E-state index in [4.69, 9.17) is 10.00 Å². The Morgan fingerprint density at radius 1 is 1.26 bits per heavy atom. The van der Waals surface area contributed by atoms with E-state index >= 15 is 0 Å². The standard InChI is InChI=1S/C16H21NO2/c1-10(2)12-6-7-15(19-5)13(8-12)16(18)14(9-17)11(3)4/h6-8,10-11,14H,1-5H3. The lowest BCUT2D eigenvalue weighted by Crippen LogP contribution is -2.19. The molecule has 102 valence electrons. The second-order valence-corrected chi connectivity index (χ2v) is 5.33. The number of methoxy groups -OCH3 is 1. The number of rotatable bonds is 5. The highest BCUT2D eigenvalue weighted by Crippen LogP contribution is 2.28. The molecule has 0 aliphatic carbocycles. The van der Waals surface area contributed by atoms with Crippen LogP contribution in [0.4, 0.5) is 0 Å². The van der Waals surface area contributed by atoms with Gasteiger partial charge in [-0.1, -0.05) is 33.8 Å². The van der Waals surface area contributed by atoms with Gasteiger partial charge in [-0.05, 0) is 29.5 Å². The van der Waals surface area contributed by atoms with Crippen LogP contribution in [-0.4, -0.2) is 12.9 Å². The normalized spacial score (nSPS) is 12.3. The van der Waals surface area contributed by atoms with Crippen molar-refractivity contribution in [1.82, 2.24) is 0 Å². The van der Waals surface area contributed by atoms with Crippen molar-refractivity contribution in [3.63, 3.8) is 0 Å². The highest BCUT2D eigenvalue weighted by atomic mass is 16.5. The minimum Gasteiger partial charge on any atom is -0.496 e. The molecule has 0 bridgehead atoms. The lowest BCUT2D eigenvalue weighted by molar-refractivity contribution is 0.0921. The molecule has 1 atom stereocenters. The fraction of sp³-hybridized carbons (Fsp3) is 0.500. The summed E-state index contributed by atoms with van der Waals surface area (Å²) in [5.41, 5.74) is 1.58. The van der Waals surface area contributed by atoms with Crippen molar-refractivity contribution < 1.29 is 9.53 Å². The number of carbonyl (C=O) groups excluding carboxylic acids is 1. The van der Waals surface area contributed by atoms with E-state index in [-0.39, 0.29) is 11.7 Å². The fourth-order valence-corrected chi connectivity index (χ4v) is 1.96. The first-order chi connectivity index (χ1) is 8.92. The molecule has 0 saturated carbocycles. The average molecular weight is 259 g/mol. The van der Waals surface area contributed by atoms with Crippen LogP contribution < -0.4 is 4.74 Å². The van der Waals surface area contributed by atoms with Crippen molar-refractivity contribution in [2.24, 2.45) is 11.8 Å². The van der Waals surface area contributed by atoms with Gasteiger partial charge in [-0.3, -0.25) is 4.79 Å². The Bertz CT molecular complexity index is 498. The van der Waals surface area contributed by atoms with E-state index in [1.807, 2.05) is 26.0 Å². The van der Waals surface area contributed by atoms with E-state index in [0.29, 0.717) is 17.2 Å². The minimum atomic E-state index is -0.628. The number of ether oxygens (including phenoxy) is 1. The predicted octanol–water partition coefficient (Wildman–Crippen LogP) is 3.80. The smallest absolute Gasteiger partial charge is 0.183 e.